The zero-order valence-corrected chi connectivity index (χ0v) is 22.6. The highest BCUT2D eigenvalue weighted by atomic mass is 32.2. The molecule has 0 saturated carbocycles. The van der Waals surface area contributed by atoms with E-state index in [-0.39, 0.29) is 22.9 Å². The van der Waals surface area contributed by atoms with Crippen molar-refractivity contribution in [1.82, 2.24) is 0 Å². The normalized spacial score (nSPS) is 14.3. The Bertz CT molecular complexity index is 1450. The predicted octanol–water partition coefficient (Wildman–Crippen LogP) is 6.63. The highest BCUT2D eigenvalue weighted by Gasteiger charge is 2.25. The molecule has 8 heteroatoms. The van der Waals surface area contributed by atoms with Crippen LogP contribution in [0.1, 0.15) is 38.3 Å². The Morgan fingerprint density at radius 3 is 2.54 bits per heavy atom. The smallest absolute Gasteiger partial charge is 0.309 e. The molecule has 3 aromatic rings. The Morgan fingerprint density at radius 1 is 1.03 bits per heavy atom. The second-order valence-electron chi connectivity index (χ2n) is 9.80. The van der Waals surface area contributed by atoms with Gasteiger partial charge in [-0.2, -0.15) is 8.42 Å². The molecule has 0 fully saturated rings. The molecule has 0 spiro atoms. The molecule has 1 aliphatic heterocycles. The van der Waals surface area contributed by atoms with Crippen LogP contribution in [-0.2, 0) is 10.1 Å². The number of ether oxygens (including phenoxy) is 1. The summed E-state index contributed by atoms with van der Waals surface area (Å²) in [5, 5.41) is 6.95. The van der Waals surface area contributed by atoms with Gasteiger partial charge in [0.1, 0.15) is 17.3 Å². The van der Waals surface area contributed by atoms with Crippen molar-refractivity contribution in [3.05, 3.63) is 77.6 Å². The van der Waals surface area contributed by atoms with Gasteiger partial charge in [-0.15, -0.1) is 0 Å². The Balaban J connectivity index is 1.67. The number of anilines is 2. The topological polar surface area (TPSA) is 76.7 Å². The SMILES string of the molecule is CCCS(=O)(=O)Oc1ccc(-c2ccc3c(c2)C(CNc2cc(F)ccc2C)=CC(C)(C)N3)c(OC)c1. The van der Waals surface area contributed by atoms with Crippen molar-refractivity contribution in [3.8, 4) is 22.6 Å². The zero-order valence-electron chi connectivity index (χ0n) is 21.8. The lowest BCUT2D eigenvalue weighted by Crippen LogP contribution is -2.32. The maximum atomic E-state index is 13.8. The molecule has 0 aliphatic carbocycles. The summed E-state index contributed by atoms with van der Waals surface area (Å²) >= 11 is 0. The van der Waals surface area contributed by atoms with Gasteiger partial charge in [0.05, 0.1) is 18.4 Å². The van der Waals surface area contributed by atoms with Crippen LogP contribution in [-0.4, -0.2) is 33.4 Å². The van der Waals surface area contributed by atoms with Crippen LogP contribution in [0.3, 0.4) is 0 Å². The van der Waals surface area contributed by atoms with E-state index in [1.54, 1.807) is 38.3 Å². The number of fused-ring (bicyclic) bond motifs is 1. The highest BCUT2D eigenvalue weighted by Crippen LogP contribution is 2.40. The van der Waals surface area contributed by atoms with Gasteiger partial charge in [-0.05, 0) is 80.3 Å². The van der Waals surface area contributed by atoms with Crippen molar-refractivity contribution in [2.75, 3.05) is 30.0 Å². The lowest BCUT2D eigenvalue weighted by atomic mass is 9.88. The van der Waals surface area contributed by atoms with Crippen molar-refractivity contribution < 1.29 is 21.7 Å². The predicted molar refractivity (Wildman–Crippen MR) is 148 cm³/mol. The summed E-state index contributed by atoms with van der Waals surface area (Å²) in [5.41, 5.74) is 6.27. The largest absolute Gasteiger partial charge is 0.496 e. The number of methoxy groups -OCH3 is 1. The molecule has 0 unspecified atom stereocenters. The number of benzene rings is 3. The summed E-state index contributed by atoms with van der Waals surface area (Å²) in [6.07, 6.45) is 2.65. The maximum absolute atomic E-state index is 13.8. The molecular weight excluding hydrogens is 491 g/mol. The van der Waals surface area contributed by atoms with Gasteiger partial charge in [0.2, 0.25) is 0 Å². The Hall–Kier alpha value is -3.52. The molecule has 1 aliphatic rings. The van der Waals surface area contributed by atoms with E-state index in [2.05, 4.69) is 36.6 Å². The van der Waals surface area contributed by atoms with Crippen LogP contribution in [0.25, 0.3) is 16.7 Å². The first-order valence-electron chi connectivity index (χ1n) is 12.2. The average molecular weight is 525 g/mol. The van der Waals surface area contributed by atoms with E-state index in [0.717, 1.165) is 39.2 Å². The summed E-state index contributed by atoms with van der Waals surface area (Å²) < 4.78 is 48.9. The number of hydrogen-bond acceptors (Lipinski definition) is 6. The van der Waals surface area contributed by atoms with Crippen LogP contribution in [0.5, 0.6) is 11.5 Å². The first-order chi connectivity index (χ1) is 17.5. The van der Waals surface area contributed by atoms with E-state index in [1.807, 2.05) is 19.1 Å². The average Bonchev–Trinajstić information content (AvgIpc) is 2.83. The van der Waals surface area contributed by atoms with Gasteiger partial charge < -0.3 is 19.6 Å². The number of rotatable bonds is 9. The minimum absolute atomic E-state index is 0.0521. The third-order valence-corrected chi connectivity index (χ3v) is 7.54. The third-order valence-electron chi connectivity index (χ3n) is 6.19. The van der Waals surface area contributed by atoms with Gasteiger partial charge in [0, 0.05) is 35.1 Å². The summed E-state index contributed by atoms with van der Waals surface area (Å²) in [6.45, 7) is 8.46. The first kappa shape index (κ1) is 26.5. The fourth-order valence-corrected chi connectivity index (χ4v) is 5.48. The number of halogens is 1. The molecule has 2 N–H and O–H groups in total. The molecule has 6 nitrogen and oxygen atoms in total. The molecule has 3 aromatic carbocycles. The summed E-state index contributed by atoms with van der Waals surface area (Å²) in [6, 6.07) is 15.9. The molecule has 0 saturated heterocycles. The van der Waals surface area contributed by atoms with Crippen molar-refractivity contribution >= 4 is 27.1 Å². The first-order valence-corrected chi connectivity index (χ1v) is 13.8. The number of nitrogens with one attached hydrogen (secondary N) is 2. The van der Waals surface area contributed by atoms with Gasteiger partial charge in [-0.1, -0.05) is 25.1 Å². The van der Waals surface area contributed by atoms with E-state index in [4.69, 9.17) is 8.92 Å². The molecule has 1 heterocycles. The molecule has 0 amide bonds. The van der Waals surface area contributed by atoms with Gasteiger partial charge in [-0.3, -0.25) is 0 Å². The maximum Gasteiger partial charge on any atom is 0.309 e. The van der Waals surface area contributed by atoms with Crippen LogP contribution >= 0.6 is 0 Å². The van der Waals surface area contributed by atoms with Gasteiger partial charge in [0.25, 0.3) is 0 Å². The van der Waals surface area contributed by atoms with Crippen molar-refractivity contribution in [3.63, 3.8) is 0 Å². The molecule has 0 radical (unpaired) electrons. The summed E-state index contributed by atoms with van der Waals surface area (Å²) in [5.74, 6) is 0.388. The molecule has 37 heavy (non-hydrogen) atoms. The molecule has 4 rings (SSSR count). The molecule has 0 bridgehead atoms. The van der Waals surface area contributed by atoms with Crippen LogP contribution in [0.15, 0.2) is 60.7 Å². The summed E-state index contributed by atoms with van der Waals surface area (Å²) in [7, 11) is -2.11. The van der Waals surface area contributed by atoms with E-state index in [9.17, 15) is 12.8 Å². The van der Waals surface area contributed by atoms with Crippen LogP contribution in [0.2, 0.25) is 0 Å². The Morgan fingerprint density at radius 2 is 1.81 bits per heavy atom. The van der Waals surface area contributed by atoms with E-state index in [1.165, 1.54) is 12.1 Å². The highest BCUT2D eigenvalue weighted by molar-refractivity contribution is 7.87. The lowest BCUT2D eigenvalue weighted by molar-refractivity contribution is 0.413. The second-order valence-corrected chi connectivity index (χ2v) is 11.5. The van der Waals surface area contributed by atoms with Gasteiger partial charge >= 0.3 is 10.1 Å². The minimum Gasteiger partial charge on any atom is -0.496 e. The van der Waals surface area contributed by atoms with E-state index in [0.29, 0.717) is 18.7 Å². The standard InChI is InChI=1S/C29H33FN2O4S/c1-6-13-37(33,34)36-23-10-11-24(28(16-23)35-5)20-8-12-26-25(14-20)21(17-29(3,4)32-26)18-31-27-15-22(30)9-7-19(27)2/h7-12,14-17,31-32H,6,13,18H2,1-5H3. The molecule has 0 aromatic heterocycles. The van der Waals surface area contributed by atoms with Crippen LogP contribution < -0.4 is 19.6 Å². The Kier molecular flexibility index (Phi) is 7.50. The fourth-order valence-electron chi connectivity index (χ4n) is 4.50. The minimum atomic E-state index is -3.65. The van der Waals surface area contributed by atoms with E-state index >= 15 is 0 Å². The van der Waals surface area contributed by atoms with Crippen molar-refractivity contribution in [2.24, 2.45) is 0 Å². The van der Waals surface area contributed by atoms with Crippen LogP contribution in [0.4, 0.5) is 15.8 Å². The molecule has 0 atom stereocenters. The second kappa shape index (κ2) is 10.5. The van der Waals surface area contributed by atoms with Crippen molar-refractivity contribution in [1.29, 1.82) is 0 Å². The van der Waals surface area contributed by atoms with Gasteiger partial charge in [0.15, 0.2) is 0 Å². The zero-order chi connectivity index (χ0) is 26.8. The monoisotopic (exact) mass is 524 g/mol. The number of hydrogen-bond donors (Lipinski definition) is 2. The lowest BCUT2D eigenvalue weighted by Gasteiger charge is -2.33. The quantitative estimate of drug-likeness (QED) is 0.306. The third kappa shape index (κ3) is 6.25. The van der Waals surface area contributed by atoms with Crippen LogP contribution in [0, 0.1) is 12.7 Å². The Labute approximate surface area is 218 Å². The van der Waals surface area contributed by atoms with E-state index < -0.39 is 10.1 Å². The van der Waals surface area contributed by atoms with Gasteiger partial charge in [-0.25, -0.2) is 4.39 Å². The fraction of sp³-hybridized carbons (Fsp3) is 0.310. The van der Waals surface area contributed by atoms with Crippen molar-refractivity contribution in [2.45, 2.75) is 39.7 Å². The molecule has 196 valence electrons. The summed E-state index contributed by atoms with van der Waals surface area (Å²) in [4.78, 5) is 0. The number of aryl methyl sites for hydroxylation is 1. The molecular formula is C29H33FN2O4S.